The third kappa shape index (κ3) is 5.37. The molecule has 0 unspecified atom stereocenters. The molecule has 0 bridgehead atoms. The minimum absolute atomic E-state index is 0.0574. The molecule has 7 heteroatoms. The van der Waals surface area contributed by atoms with E-state index >= 15 is 0 Å². The highest BCUT2D eigenvalue weighted by Gasteiger charge is 2.26. The highest BCUT2D eigenvalue weighted by molar-refractivity contribution is 5.85. The Bertz CT molecular complexity index is 1540. The van der Waals surface area contributed by atoms with Crippen LogP contribution in [0.25, 0.3) is 10.9 Å². The zero-order chi connectivity index (χ0) is 25.8. The lowest BCUT2D eigenvalue weighted by Crippen LogP contribution is -2.32. The van der Waals surface area contributed by atoms with E-state index in [4.69, 9.17) is 0 Å². The third-order valence-electron chi connectivity index (χ3n) is 6.98. The van der Waals surface area contributed by atoms with E-state index in [0.717, 1.165) is 45.4 Å². The molecule has 1 atom stereocenters. The van der Waals surface area contributed by atoms with E-state index < -0.39 is 0 Å². The van der Waals surface area contributed by atoms with Gasteiger partial charge in [-0.2, -0.15) is 0 Å². The number of aromatic nitrogens is 5. The number of H-pyrrole nitrogens is 1. The van der Waals surface area contributed by atoms with Gasteiger partial charge in [-0.25, -0.2) is 4.68 Å². The van der Waals surface area contributed by atoms with E-state index in [2.05, 4.69) is 75.7 Å². The SMILES string of the molecule is CC[C@@H](c1nnnn1Cc1ccccc1)N(Cc1ccccc1)Cc1cc2c(C)ccc(C)c2[nH]c1=O. The predicted molar refractivity (Wildman–Crippen MR) is 146 cm³/mol. The van der Waals surface area contributed by atoms with Crippen LogP contribution in [-0.4, -0.2) is 30.1 Å². The molecular formula is C30H32N6O. The maximum Gasteiger partial charge on any atom is 0.252 e. The number of fused-ring (bicyclic) bond motifs is 1. The topological polar surface area (TPSA) is 79.7 Å². The highest BCUT2D eigenvalue weighted by atomic mass is 16.1. The molecule has 1 N–H and O–H groups in total. The summed E-state index contributed by atoms with van der Waals surface area (Å²) in [5.74, 6) is 0.798. The van der Waals surface area contributed by atoms with Crippen LogP contribution in [0.1, 0.15) is 53.0 Å². The lowest BCUT2D eigenvalue weighted by Gasteiger charge is -2.30. The zero-order valence-corrected chi connectivity index (χ0v) is 21.6. The molecule has 37 heavy (non-hydrogen) atoms. The van der Waals surface area contributed by atoms with Crippen molar-refractivity contribution in [1.82, 2.24) is 30.1 Å². The van der Waals surface area contributed by atoms with Crippen LogP contribution < -0.4 is 5.56 Å². The fraction of sp³-hybridized carbons (Fsp3) is 0.267. The van der Waals surface area contributed by atoms with Crippen molar-refractivity contribution in [3.8, 4) is 0 Å². The average Bonchev–Trinajstić information content (AvgIpc) is 3.36. The largest absolute Gasteiger partial charge is 0.321 e. The van der Waals surface area contributed by atoms with Crippen molar-refractivity contribution >= 4 is 10.9 Å². The van der Waals surface area contributed by atoms with Crippen LogP contribution in [0.2, 0.25) is 0 Å². The van der Waals surface area contributed by atoms with Crippen LogP contribution in [0.4, 0.5) is 0 Å². The molecule has 2 aromatic heterocycles. The number of rotatable bonds is 9. The zero-order valence-electron chi connectivity index (χ0n) is 21.6. The molecule has 0 saturated carbocycles. The molecule has 0 radical (unpaired) electrons. The highest BCUT2D eigenvalue weighted by Crippen LogP contribution is 2.27. The molecule has 0 aliphatic carbocycles. The first kappa shape index (κ1) is 24.6. The molecule has 5 aromatic rings. The second-order valence-corrected chi connectivity index (χ2v) is 9.61. The maximum atomic E-state index is 13.3. The predicted octanol–water partition coefficient (Wildman–Crippen LogP) is 5.33. The lowest BCUT2D eigenvalue weighted by molar-refractivity contribution is 0.161. The van der Waals surface area contributed by atoms with Crippen LogP contribution in [0.15, 0.2) is 83.7 Å². The van der Waals surface area contributed by atoms with Gasteiger partial charge >= 0.3 is 0 Å². The van der Waals surface area contributed by atoms with E-state index in [1.54, 1.807) is 0 Å². The summed E-state index contributed by atoms with van der Waals surface area (Å²) in [7, 11) is 0. The van der Waals surface area contributed by atoms with Gasteiger partial charge in [0.2, 0.25) is 0 Å². The number of benzene rings is 3. The number of aryl methyl sites for hydroxylation is 2. The Hall–Kier alpha value is -4.10. The number of aromatic amines is 1. The second-order valence-electron chi connectivity index (χ2n) is 9.61. The van der Waals surface area contributed by atoms with Gasteiger partial charge in [-0.3, -0.25) is 9.69 Å². The molecular weight excluding hydrogens is 460 g/mol. The Morgan fingerprint density at radius 3 is 2.27 bits per heavy atom. The van der Waals surface area contributed by atoms with Gasteiger partial charge < -0.3 is 4.98 Å². The summed E-state index contributed by atoms with van der Waals surface area (Å²) in [5.41, 5.74) is 6.10. The van der Waals surface area contributed by atoms with Crippen molar-refractivity contribution in [2.45, 2.75) is 52.9 Å². The minimum atomic E-state index is -0.0763. The summed E-state index contributed by atoms with van der Waals surface area (Å²) < 4.78 is 1.87. The van der Waals surface area contributed by atoms with Crippen LogP contribution in [-0.2, 0) is 19.6 Å². The number of nitrogens with zero attached hydrogens (tertiary/aromatic N) is 5. The number of pyridine rings is 1. The molecule has 2 heterocycles. The van der Waals surface area contributed by atoms with Gasteiger partial charge in [0.15, 0.2) is 5.82 Å². The van der Waals surface area contributed by atoms with Gasteiger partial charge in [-0.05, 0) is 59.0 Å². The summed E-state index contributed by atoms with van der Waals surface area (Å²) >= 11 is 0. The standard InChI is InChI=1S/C30H32N6O/c1-4-27(29-32-33-34-36(29)19-24-13-9-6-10-14-24)35(18-23-11-7-5-8-12-23)20-25-17-26-21(2)15-16-22(3)28(26)31-30(25)37/h5-17,27H,4,18-20H2,1-3H3,(H,31,37)/t27-/m0/s1. The Morgan fingerprint density at radius 2 is 1.57 bits per heavy atom. The van der Waals surface area contributed by atoms with Crippen molar-refractivity contribution in [3.05, 3.63) is 123 Å². The summed E-state index contributed by atoms with van der Waals surface area (Å²) in [6, 6.07) is 26.7. The quantitative estimate of drug-likeness (QED) is 0.301. The van der Waals surface area contributed by atoms with E-state index in [1.807, 2.05) is 54.1 Å². The Balaban J connectivity index is 1.54. The normalized spacial score (nSPS) is 12.3. The Kier molecular flexibility index (Phi) is 7.23. The van der Waals surface area contributed by atoms with Crippen molar-refractivity contribution in [2.75, 3.05) is 0 Å². The van der Waals surface area contributed by atoms with Gasteiger partial charge in [0, 0.05) is 24.0 Å². The van der Waals surface area contributed by atoms with Crippen molar-refractivity contribution in [2.24, 2.45) is 0 Å². The van der Waals surface area contributed by atoms with Crippen LogP contribution >= 0.6 is 0 Å². The van der Waals surface area contributed by atoms with Gasteiger partial charge in [0.05, 0.1) is 18.1 Å². The molecule has 3 aromatic carbocycles. The molecule has 0 fully saturated rings. The van der Waals surface area contributed by atoms with Crippen molar-refractivity contribution < 1.29 is 0 Å². The summed E-state index contributed by atoms with van der Waals surface area (Å²) in [6.07, 6.45) is 0.797. The molecule has 0 aliphatic heterocycles. The third-order valence-corrected chi connectivity index (χ3v) is 6.98. The molecule has 0 aliphatic rings. The van der Waals surface area contributed by atoms with E-state index in [1.165, 1.54) is 5.56 Å². The van der Waals surface area contributed by atoms with Gasteiger partial charge in [-0.15, -0.1) is 5.10 Å². The minimum Gasteiger partial charge on any atom is -0.321 e. The first-order valence-corrected chi connectivity index (χ1v) is 12.7. The van der Waals surface area contributed by atoms with E-state index in [-0.39, 0.29) is 11.6 Å². The van der Waals surface area contributed by atoms with Crippen LogP contribution in [0.5, 0.6) is 0 Å². The lowest BCUT2D eigenvalue weighted by atomic mass is 10.0. The molecule has 188 valence electrons. The van der Waals surface area contributed by atoms with Crippen LogP contribution in [0, 0.1) is 13.8 Å². The molecule has 0 amide bonds. The fourth-order valence-corrected chi connectivity index (χ4v) is 4.97. The van der Waals surface area contributed by atoms with E-state index in [9.17, 15) is 4.79 Å². The van der Waals surface area contributed by atoms with Crippen molar-refractivity contribution in [3.63, 3.8) is 0 Å². The first-order valence-electron chi connectivity index (χ1n) is 12.7. The smallest absolute Gasteiger partial charge is 0.252 e. The van der Waals surface area contributed by atoms with Gasteiger partial charge in [-0.1, -0.05) is 79.7 Å². The maximum absolute atomic E-state index is 13.3. The summed E-state index contributed by atoms with van der Waals surface area (Å²) in [5, 5.41) is 13.9. The molecule has 0 spiro atoms. The number of tetrazole rings is 1. The average molecular weight is 493 g/mol. The Labute approximate surface area is 216 Å². The van der Waals surface area contributed by atoms with Gasteiger partial charge in [0.1, 0.15) is 0 Å². The molecule has 5 rings (SSSR count). The van der Waals surface area contributed by atoms with E-state index in [0.29, 0.717) is 19.6 Å². The molecule has 0 saturated heterocycles. The number of nitrogens with one attached hydrogen (secondary N) is 1. The molecule has 7 nitrogen and oxygen atoms in total. The van der Waals surface area contributed by atoms with Crippen LogP contribution in [0.3, 0.4) is 0 Å². The monoisotopic (exact) mass is 492 g/mol. The van der Waals surface area contributed by atoms with Gasteiger partial charge in [0.25, 0.3) is 5.56 Å². The fourth-order valence-electron chi connectivity index (χ4n) is 4.97. The second kappa shape index (κ2) is 10.9. The summed E-state index contributed by atoms with van der Waals surface area (Å²) in [6.45, 7) is 7.99. The number of hydrogen-bond acceptors (Lipinski definition) is 5. The number of hydrogen-bond donors (Lipinski definition) is 1. The van der Waals surface area contributed by atoms with Crippen molar-refractivity contribution in [1.29, 1.82) is 0 Å². The summed E-state index contributed by atoms with van der Waals surface area (Å²) in [4.78, 5) is 18.7. The Morgan fingerprint density at radius 1 is 0.892 bits per heavy atom. The first-order chi connectivity index (χ1) is 18.0.